The van der Waals surface area contributed by atoms with Gasteiger partial charge in [0.25, 0.3) is 0 Å². The summed E-state index contributed by atoms with van der Waals surface area (Å²) in [4.78, 5) is 13.0. The summed E-state index contributed by atoms with van der Waals surface area (Å²) in [5, 5.41) is 6.53. The Morgan fingerprint density at radius 1 is 1.04 bits per heavy atom. The minimum Gasteiger partial charge on any atom is -0.324 e. The molecule has 2 saturated carbocycles. The molecule has 142 valence electrons. The van der Waals surface area contributed by atoms with E-state index in [9.17, 15) is 9.18 Å². The molecule has 2 aliphatic rings. The first-order chi connectivity index (χ1) is 13.1. The highest BCUT2D eigenvalue weighted by Crippen LogP contribution is 2.49. The Morgan fingerprint density at radius 2 is 1.78 bits per heavy atom. The van der Waals surface area contributed by atoms with E-state index in [1.54, 1.807) is 12.1 Å². The molecule has 3 nitrogen and oxygen atoms in total. The smallest absolute Gasteiger partial charge is 0.246 e. The zero-order valence-electron chi connectivity index (χ0n) is 15.7. The van der Waals surface area contributed by atoms with E-state index in [2.05, 4.69) is 17.6 Å². The summed E-state index contributed by atoms with van der Waals surface area (Å²) in [7, 11) is 0. The van der Waals surface area contributed by atoms with Crippen molar-refractivity contribution in [1.29, 1.82) is 0 Å². The molecule has 5 atom stereocenters. The lowest BCUT2D eigenvalue weighted by Gasteiger charge is -2.32. The number of fused-ring (bicyclic) bond motifs is 2. The van der Waals surface area contributed by atoms with Gasteiger partial charge < -0.3 is 5.32 Å². The van der Waals surface area contributed by atoms with Crippen LogP contribution in [-0.4, -0.2) is 11.9 Å². The van der Waals surface area contributed by atoms with Crippen molar-refractivity contribution in [1.82, 2.24) is 5.32 Å². The van der Waals surface area contributed by atoms with Gasteiger partial charge in [0, 0.05) is 11.7 Å². The van der Waals surface area contributed by atoms with Gasteiger partial charge in [-0.15, -0.1) is 0 Å². The molecule has 0 radical (unpaired) electrons. The number of rotatable bonds is 6. The Kier molecular flexibility index (Phi) is 5.26. The molecule has 2 N–H and O–H groups in total. The summed E-state index contributed by atoms with van der Waals surface area (Å²) in [5.41, 5.74) is 1.56. The third-order valence-electron chi connectivity index (χ3n) is 6.37. The van der Waals surface area contributed by atoms with Crippen molar-refractivity contribution < 1.29 is 9.18 Å². The van der Waals surface area contributed by atoms with Crippen molar-refractivity contribution in [3.05, 3.63) is 66.0 Å². The molecule has 2 bridgehead atoms. The maximum atomic E-state index is 13.1. The lowest BCUT2D eigenvalue weighted by atomic mass is 9.83. The first-order valence-electron chi connectivity index (χ1n) is 9.97. The van der Waals surface area contributed by atoms with Gasteiger partial charge in [0.1, 0.15) is 11.9 Å². The lowest BCUT2D eigenvalue weighted by Crippen LogP contribution is -2.43. The summed E-state index contributed by atoms with van der Waals surface area (Å²) >= 11 is 0. The summed E-state index contributed by atoms with van der Waals surface area (Å²) in [6.45, 7) is 2.21. The molecule has 0 aromatic heterocycles. The quantitative estimate of drug-likeness (QED) is 0.762. The fourth-order valence-electron chi connectivity index (χ4n) is 5.01. The standard InChI is InChI=1S/C23H27FN2O/c1-15(21-14-16-7-8-18(21)13-16)25-22(17-5-3-2-4-6-17)23(27)26-20-11-9-19(24)10-12-20/h2-6,9-12,15-16,18,21-22,25H,7-8,13-14H2,1H3,(H,26,27)/t15-,16-,18-,21-,22+/m0/s1. The third kappa shape index (κ3) is 4.06. The second-order valence-corrected chi connectivity index (χ2v) is 8.13. The Labute approximate surface area is 160 Å². The monoisotopic (exact) mass is 366 g/mol. The van der Waals surface area contributed by atoms with Gasteiger partial charge in [-0.2, -0.15) is 0 Å². The topological polar surface area (TPSA) is 41.1 Å². The van der Waals surface area contributed by atoms with Crippen molar-refractivity contribution in [3.63, 3.8) is 0 Å². The van der Waals surface area contributed by atoms with E-state index in [1.807, 2.05) is 30.3 Å². The molecular formula is C23H27FN2O. The second-order valence-electron chi connectivity index (χ2n) is 8.13. The van der Waals surface area contributed by atoms with Crippen LogP contribution in [0.25, 0.3) is 0 Å². The van der Waals surface area contributed by atoms with Crippen molar-refractivity contribution in [2.24, 2.45) is 17.8 Å². The third-order valence-corrected chi connectivity index (χ3v) is 6.37. The van der Waals surface area contributed by atoms with Gasteiger partial charge in [-0.05, 0) is 73.8 Å². The molecule has 2 aliphatic carbocycles. The average molecular weight is 366 g/mol. The molecule has 0 heterocycles. The largest absolute Gasteiger partial charge is 0.324 e. The van der Waals surface area contributed by atoms with Crippen LogP contribution in [-0.2, 0) is 4.79 Å². The van der Waals surface area contributed by atoms with Gasteiger partial charge in [0.15, 0.2) is 0 Å². The van der Waals surface area contributed by atoms with Crippen LogP contribution in [0, 0.1) is 23.6 Å². The van der Waals surface area contributed by atoms with Crippen LogP contribution in [0.5, 0.6) is 0 Å². The van der Waals surface area contributed by atoms with Gasteiger partial charge in [-0.25, -0.2) is 4.39 Å². The Bertz CT molecular complexity index is 777. The number of amides is 1. The summed E-state index contributed by atoms with van der Waals surface area (Å²) < 4.78 is 13.1. The average Bonchev–Trinajstić information content (AvgIpc) is 3.32. The van der Waals surface area contributed by atoms with Crippen LogP contribution in [0.3, 0.4) is 0 Å². The first kappa shape index (κ1) is 18.2. The highest BCUT2D eigenvalue weighted by atomic mass is 19.1. The number of carbonyl (C=O) groups is 1. The molecule has 1 amide bonds. The van der Waals surface area contributed by atoms with Crippen LogP contribution >= 0.6 is 0 Å². The summed E-state index contributed by atoms with van der Waals surface area (Å²) in [6, 6.07) is 15.6. The van der Waals surface area contributed by atoms with E-state index < -0.39 is 6.04 Å². The van der Waals surface area contributed by atoms with Crippen molar-refractivity contribution in [2.75, 3.05) is 5.32 Å². The van der Waals surface area contributed by atoms with E-state index >= 15 is 0 Å². The van der Waals surface area contributed by atoms with Crippen molar-refractivity contribution in [3.8, 4) is 0 Å². The highest BCUT2D eigenvalue weighted by molar-refractivity contribution is 5.95. The first-order valence-corrected chi connectivity index (χ1v) is 9.97. The number of carbonyl (C=O) groups excluding carboxylic acids is 1. The van der Waals surface area contributed by atoms with Gasteiger partial charge in [0.05, 0.1) is 0 Å². The molecule has 0 aliphatic heterocycles. The van der Waals surface area contributed by atoms with Gasteiger partial charge in [-0.1, -0.05) is 36.8 Å². The predicted molar refractivity (Wildman–Crippen MR) is 106 cm³/mol. The molecule has 4 heteroatoms. The summed E-state index contributed by atoms with van der Waals surface area (Å²) in [5.74, 6) is 1.91. The fourth-order valence-corrected chi connectivity index (χ4v) is 5.01. The van der Waals surface area contributed by atoms with Crippen LogP contribution < -0.4 is 10.6 Å². The predicted octanol–water partition coefficient (Wildman–Crippen LogP) is 4.92. The summed E-state index contributed by atoms with van der Waals surface area (Å²) in [6.07, 6.45) is 5.34. The molecule has 0 unspecified atom stereocenters. The van der Waals surface area contributed by atoms with E-state index in [0.29, 0.717) is 11.6 Å². The van der Waals surface area contributed by atoms with E-state index in [0.717, 1.165) is 17.4 Å². The van der Waals surface area contributed by atoms with Gasteiger partial charge in [0.2, 0.25) is 5.91 Å². The number of halogens is 1. The fraction of sp³-hybridized carbons (Fsp3) is 0.435. The molecule has 0 spiro atoms. The Hall–Kier alpha value is -2.20. The van der Waals surface area contributed by atoms with Gasteiger partial charge in [-0.3, -0.25) is 10.1 Å². The maximum Gasteiger partial charge on any atom is 0.246 e. The van der Waals surface area contributed by atoms with Crippen molar-refractivity contribution >= 4 is 11.6 Å². The van der Waals surface area contributed by atoms with Crippen LogP contribution in [0.4, 0.5) is 10.1 Å². The van der Waals surface area contributed by atoms with Crippen LogP contribution in [0.15, 0.2) is 54.6 Å². The molecule has 2 fully saturated rings. The van der Waals surface area contributed by atoms with Crippen molar-refractivity contribution in [2.45, 2.75) is 44.7 Å². The molecular weight excluding hydrogens is 339 g/mol. The number of hydrogen-bond acceptors (Lipinski definition) is 2. The van der Waals surface area contributed by atoms with E-state index in [1.165, 1.54) is 37.8 Å². The molecule has 27 heavy (non-hydrogen) atoms. The minimum atomic E-state index is -0.426. The maximum absolute atomic E-state index is 13.1. The minimum absolute atomic E-state index is 0.109. The van der Waals surface area contributed by atoms with Crippen LogP contribution in [0.2, 0.25) is 0 Å². The number of benzene rings is 2. The molecule has 4 rings (SSSR count). The normalized spacial score (nSPS) is 25.9. The zero-order chi connectivity index (χ0) is 18.8. The van der Waals surface area contributed by atoms with Crippen LogP contribution in [0.1, 0.15) is 44.2 Å². The SMILES string of the molecule is C[C@H](N[C@@H](C(=O)Nc1ccc(F)cc1)c1ccccc1)[C@@H]1C[C@H]2CC[C@H]1C2. The van der Waals surface area contributed by atoms with Gasteiger partial charge >= 0.3 is 0 Å². The second kappa shape index (κ2) is 7.81. The molecule has 2 aromatic carbocycles. The van der Waals surface area contributed by atoms with E-state index in [-0.39, 0.29) is 17.8 Å². The number of anilines is 1. The number of hydrogen-bond donors (Lipinski definition) is 2. The number of nitrogens with one attached hydrogen (secondary N) is 2. The Balaban J connectivity index is 1.50. The molecule has 0 saturated heterocycles. The zero-order valence-corrected chi connectivity index (χ0v) is 15.7. The van der Waals surface area contributed by atoms with E-state index in [4.69, 9.17) is 0 Å². The lowest BCUT2D eigenvalue weighted by molar-refractivity contribution is -0.118. The molecule has 2 aromatic rings. The highest BCUT2D eigenvalue weighted by Gasteiger charge is 2.42. The Morgan fingerprint density at radius 3 is 2.41 bits per heavy atom.